The summed E-state index contributed by atoms with van der Waals surface area (Å²) in [5.41, 5.74) is 0. The molecule has 0 saturated carbocycles. The summed E-state index contributed by atoms with van der Waals surface area (Å²) in [6.07, 6.45) is 0. The molecule has 0 aliphatic rings. The molecule has 7 heavy (non-hydrogen) atoms. The molecule has 0 rings (SSSR count). The van der Waals surface area contributed by atoms with Crippen LogP contribution in [0.15, 0.2) is 0 Å². The van der Waals surface area contributed by atoms with Crippen LogP contribution in [-0.2, 0) is 4.57 Å². The zero-order valence-electron chi connectivity index (χ0n) is 3.20. The van der Waals surface area contributed by atoms with Crippen LogP contribution in [-0.4, -0.2) is 14.7 Å². The summed E-state index contributed by atoms with van der Waals surface area (Å²) in [5.74, 6) is 0. The van der Waals surface area contributed by atoms with Gasteiger partial charge in [0.25, 0.3) is 0 Å². The molecule has 0 aliphatic heterocycles. The monoisotopic (exact) mass is 378 g/mol. The Hall–Kier alpha value is 2.86. The smallest absolute Gasteiger partial charge is 0.303 e. The van der Waals surface area contributed by atoms with Gasteiger partial charge in [0, 0.05) is 83.5 Å². The van der Waals surface area contributed by atoms with Crippen molar-refractivity contribution in [2.24, 2.45) is 0 Å². The average Bonchev–Trinajstić information content (AvgIpc) is 0.722. The molecule has 0 bridgehead atoms. The molecule has 0 saturated heterocycles. The van der Waals surface area contributed by atoms with Gasteiger partial charge in [-0.15, -0.1) is 0 Å². The predicted molar refractivity (Wildman–Crippen MR) is 14.3 cm³/mol. The van der Waals surface area contributed by atoms with E-state index in [0.29, 0.717) is 0 Å². The molecule has 0 fully saturated rings. The molecule has 0 spiro atoms. The predicted octanol–water partition coefficient (Wildman–Crippen LogP) is -0.929. The first-order valence-corrected chi connectivity index (χ1v) is 2.35. The summed E-state index contributed by atoms with van der Waals surface area (Å²) in [4.78, 5) is 21.6. The molecule has 0 atom stereocenters. The van der Waals surface area contributed by atoms with Gasteiger partial charge in [0.15, 0.2) is 0 Å². The molecular weight excluding hydrogens is 375 g/mol. The van der Waals surface area contributed by atoms with Gasteiger partial charge in [-0.05, 0) is 0 Å². The van der Waals surface area contributed by atoms with Gasteiger partial charge in [-0.25, -0.2) is 4.57 Å². The SMILES string of the molecule is O=P(O)(O)O.[Ce].[Ce]. The standard InChI is InChI=1S/2Ce.H3O4P/c;;1-5(2,3)4/h;;(H3,1,2,3,4). The summed E-state index contributed by atoms with van der Waals surface area (Å²) in [7, 11) is -4.64. The first-order chi connectivity index (χ1) is 2.00. The molecular formula is H3Ce2O4P. The van der Waals surface area contributed by atoms with Crippen molar-refractivity contribution >= 4 is 7.82 Å². The minimum absolute atomic E-state index is 0. The van der Waals surface area contributed by atoms with Crippen molar-refractivity contribution in [3.63, 3.8) is 0 Å². The van der Waals surface area contributed by atoms with Crippen molar-refractivity contribution in [2.45, 2.75) is 0 Å². The van der Waals surface area contributed by atoms with Crippen LogP contribution in [0.3, 0.4) is 0 Å². The number of phosphoric acid groups is 1. The number of hydrogen-bond acceptors (Lipinski definition) is 1. The van der Waals surface area contributed by atoms with Gasteiger partial charge in [0.2, 0.25) is 0 Å². The molecule has 7 heteroatoms. The molecule has 4 nitrogen and oxygen atoms in total. The Kier molecular flexibility index (Phi) is 16.4. The maximum absolute atomic E-state index is 8.88. The van der Waals surface area contributed by atoms with Crippen LogP contribution >= 0.6 is 7.82 Å². The quantitative estimate of drug-likeness (QED) is 0.476. The van der Waals surface area contributed by atoms with Crippen LogP contribution in [0, 0.1) is 83.5 Å². The zero-order chi connectivity index (χ0) is 4.50. The van der Waals surface area contributed by atoms with Crippen LogP contribution in [0.4, 0.5) is 0 Å². The average molecular weight is 378 g/mol. The number of hydrogen-bond donors (Lipinski definition) is 3. The Labute approximate surface area is 108 Å². The topological polar surface area (TPSA) is 77.8 Å². The fraction of sp³-hybridized carbons (Fsp3) is 0. The molecule has 0 aromatic carbocycles. The first kappa shape index (κ1) is 16.4. The Bertz CT molecular complexity index is 55.8. The van der Waals surface area contributed by atoms with E-state index < -0.39 is 7.82 Å². The van der Waals surface area contributed by atoms with E-state index in [-0.39, 0.29) is 83.5 Å². The molecule has 0 amide bonds. The minimum atomic E-state index is -4.64. The fourth-order valence-electron chi connectivity index (χ4n) is 0. The van der Waals surface area contributed by atoms with Crippen LogP contribution in [0.25, 0.3) is 0 Å². The second-order valence-electron chi connectivity index (χ2n) is 0.513. The van der Waals surface area contributed by atoms with Gasteiger partial charge in [-0.1, -0.05) is 0 Å². The summed E-state index contributed by atoms with van der Waals surface area (Å²) < 4.78 is 8.88. The maximum atomic E-state index is 8.88. The maximum Gasteiger partial charge on any atom is 0.466 e. The zero-order valence-corrected chi connectivity index (χ0v) is 10.4. The molecule has 0 heterocycles. The third-order valence-electron chi connectivity index (χ3n) is 0. The summed E-state index contributed by atoms with van der Waals surface area (Å²) in [6, 6.07) is 0. The number of rotatable bonds is 0. The Morgan fingerprint density at radius 3 is 1.00 bits per heavy atom. The van der Waals surface area contributed by atoms with Crippen molar-refractivity contribution < 1.29 is 103 Å². The van der Waals surface area contributed by atoms with Crippen molar-refractivity contribution in [2.75, 3.05) is 0 Å². The van der Waals surface area contributed by atoms with E-state index in [1.165, 1.54) is 0 Å². The molecule has 0 unspecified atom stereocenters. The van der Waals surface area contributed by atoms with Crippen molar-refractivity contribution in [3.8, 4) is 0 Å². The van der Waals surface area contributed by atoms with E-state index in [1.807, 2.05) is 0 Å². The molecule has 0 aliphatic carbocycles. The molecule has 0 aromatic rings. The van der Waals surface area contributed by atoms with E-state index in [1.54, 1.807) is 0 Å². The molecule has 0 aromatic heterocycles. The Balaban J connectivity index is -0.0000000800. The van der Waals surface area contributed by atoms with Gasteiger partial charge < -0.3 is 14.7 Å². The Morgan fingerprint density at radius 2 is 1.00 bits per heavy atom. The van der Waals surface area contributed by atoms with E-state index in [2.05, 4.69) is 0 Å². The third-order valence-corrected chi connectivity index (χ3v) is 0. The van der Waals surface area contributed by atoms with Crippen LogP contribution < -0.4 is 0 Å². The van der Waals surface area contributed by atoms with Crippen molar-refractivity contribution in [3.05, 3.63) is 0 Å². The van der Waals surface area contributed by atoms with Crippen LogP contribution in [0.2, 0.25) is 0 Å². The van der Waals surface area contributed by atoms with Crippen LogP contribution in [0.1, 0.15) is 0 Å². The fourth-order valence-corrected chi connectivity index (χ4v) is 0. The second kappa shape index (κ2) is 6.98. The summed E-state index contributed by atoms with van der Waals surface area (Å²) >= 11 is 0. The van der Waals surface area contributed by atoms with E-state index in [0.717, 1.165) is 0 Å². The van der Waals surface area contributed by atoms with Gasteiger partial charge in [0.1, 0.15) is 0 Å². The van der Waals surface area contributed by atoms with Crippen molar-refractivity contribution in [1.29, 1.82) is 0 Å². The first-order valence-electron chi connectivity index (χ1n) is 0.783. The van der Waals surface area contributed by atoms with E-state index in [9.17, 15) is 0 Å². The minimum Gasteiger partial charge on any atom is -0.303 e. The summed E-state index contributed by atoms with van der Waals surface area (Å²) in [5, 5.41) is 0. The summed E-state index contributed by atoms with van der Waals surface area (Å²) in [6.45, 7) is 0. The van der Waals surface area contributed by atoms with Crippen molar-refractivity contribution in [1.82, 2.24) is 0 Å². The third kappa shape index (κ3) is 50.9. The molecule has 3 N–H and O–H groups in total. The van der Waals surface area contributed by atoms with Gasteiger partial charge in [-0.2, -0.15) is 0 Å². The Morgan fingerprint density at radius 1 is 1.00 bits per heavy atom. The van der Waals surface area contributed by atoms with Crippen LogP contribution in [0.5, 0.6) is 0 Å². The van der Waals surface area contributed by atoms with E-state index >= 15 is 0 Å². The van der Waals surface area contributed by atoms with E-state index in [4.69, 9.17) is 19.2 Å². The van der Waals surface area contributed by atoms with Gasteiger partial charge >= 0.3 is 7.82 Å². The second-order valence-corrected chi connectivity index (χ2v) is 1.54. The largest absolute Gasteiger partial charge is 0.466 e. The molecule has 40 valence electrons. The van der Waals surface area contributed by atoms with Gasteiger partial charge in [-0.3, -0.25) is 0 Å². The normalized spacial score (nSPS) is 8.43. The molecule has 0 radical (unpaired) electrons. The van der Waals surface area contributed by atoms with Gasteiger partial charge in [0.05, 0.1) is 0 Å².